The highest BCUT2D eigenvalue weighted by Crippen LogP contribution is 2.65. The number of imide groups is 1. The van der Waals surface area contributed by atoms with Gasteiger partial charge in [-0.2, -0.15) is 0 Å². The van der Waals surface area contributed by atoms with E-state index in [0.717, 1.165) is 12.2 Å². The molecule has 6 heteroatoms. The average molecular weight is 380 g/mol. The molecule has 2 saturated carbocycles. The molecule has 5 aliphatic rings. The number of likely N-dealkylation sites (tertiary alicyclic amines) is 1. The summed E-state index contributed by atoms with van der Waals surface area (Å²) in [5.41, 5.74) is 0.648. The molecular formula is C22H24N2O4. The molecule has 28 heavy (non-hydrogen) atoms. The van der Waals surface area contributed by atoms with Gasteiger partial charge in [-0.1, -0.05) is 12.2 Å². The van der Waals surface area contributed by atoms with Crippen molar-refractivity contribution in [1.82, 2.24) is 4.90 Å². The van der Waals surface area contributed by atoms with Gasteiger partial charge in [-0.15, -0.1) is 0 Å². The molecule has 1 saturated heterocycles. The molecule has 3 fully saturated rings. The lowest BCUT2D eigenvalue weighted by Crippen LogP contribution is -2.44. The van der Waals surface area contributed by atoms with Gasteiger partial charge in [0.15, 0.2) is 0 Å². The van der Waals surface area contributed by atoms with Crippen LogP contribution < -0.4 is 9.64 Å². The zero-order valence-corrected chi connectivity index (χ0v) is 16.1. The summed E-state index contributed by atoms with van der Waals surface area (Å²) in [5, 5.41) is 0. The molecule has 0 unspecified atom stereocenters. The first-order valence-corrected chi connectivity index (χ1v) is 10.1. The molecular weight excluding hydrogens is 356 g/mol. The van der Waals surface area contributed by atoms with Crippen molar-refractivity contribution < 1.29 is 19.1 Å². The highest BCUT2D eigenvalue weighted by molar-refractivity contribution is 6.07. The Morgan fingerprint density at radius 2 is 1.64 bits per heavy atom. The monoisotopic (exact) mass is 380 g/mol. The van der Waals surface area contributed by atoms with E-state index in [-0.39, 0.29) is 48.1 Å². The average Bonchev–Trinajstić information content (AvgIpc) is 3.47. The molecule has 6 rings (SSSR count). The van der Waals surface area contributed by atoms with E-state index in [1.807, 2.05) is 6.92 Å². The summed E-state index contributed by atoms with van der Waals surface area (Å²) in [6.45, 7) is 3.90. The van der Waals surface area contributed by atoms with Crippen LogP contribution in [0, 0.1) is 35.5 Å². The summed E-state index contributed by atoms with van der Waals surface area (Å²) < 4.78 is 5.45. The lowest BCUT2D eigenvalue weighted by atomic mass is 9.63. The Bertz CT molecular complexity index is 841. The maximum Gasteiger partial charge on any atom is 0.235 e. The summed E-state index contributed by atoms with van der Waals surface area (Å²) in [6, 6.07) is 7.15. The Hall–Kier alpha value is -2.63. The van der Waals surface area contributed by atoms with Crippen LogP contribution in [0.25, 0.3) is 0 Å². The molecule has 0 aromatic heterocycles. The third-order valence-corrected chi connectivity index (χ3v) is 6.88. The summed E-state index contributed by atoms with van der Waals surface area (Å²) >= 11 is 0. The minimum atomic E-state index is -0.236. The summed E-state index contributed by atoms with van der Waals surface area (Å²) in [7, 11) is 0. The van der Waals surface area contributed by atoms with E-state index in [2.05, 4.69) is 12.2 Å². The highest BCUT2D eigenvalue weighted by Gasteiger charge is 2.67. The number of carbonyl (C=O) groups is 3. The molecule has 1 aromatic carbocycles. The first kappa shape index (κ1) is 17.5. The van der Waals surface area contributed by atoms with Crippen LogP contribution in [0.5, 0.6) is 5.75 Å². The van der Waals surface area contributed by atoms with Crippen molar-refractivity contribution in [2.45, 2.75) is 20.3 Å². The molecule has 2 bridgehead atoms. The molecule has 1 aliphatic heterocycles. The van der Waals surface area contributed by atoms with E-state index >= 15 is 0 Å². The fourth-order valence-corrected chi connectivity index (χ4v) is 5.55. The number of amides is 3. The van der Waals surface area contributed by atoms with Gasteiger partial charge in [0.1, 0.15) is 12.4 Å². The van der Waals surface area contributed by atoms with Crippen molar-refractivity contribution in [3.63, 3.8) is 0 Å². The Morgan fingerprint density at radius 1 is 1.07 bits per heavy atom. The topological polar surface area (TPSA) is 66.9 Å². The first-order chi connectivity index (χ1) is 13.5. The zero-order chi connectivity index (χ0) is 19.6. The molecule has 146 valence electrons. The molecule has 1 heterocycles. The van der Waals surface area contributed by atoms with Crippen LogP contribution in [0.2, 0.25) is 0 Å². The van der Waals surface area contributed by atoms with Crippen LogP contribution in [0.4, 0.5) is 5.69 Å². The molecule has 6 atom stereocenters. The summed E-state index contributed by atoms with van der Waals surface area (Å²) in [5.74, 6) is 1.34. The third-order valence-electron chi connectivity index (χ3n) is 6.88. The maximum atomic E-state index is 13.1. The number of allylic oxidation sites excluding steroid dienone is 2. The quantitative estimate of drug-likeness (QED) is 0.581. The second-order valence-corrected chi connectivity index (χ2v) is 8.27. The molecule has 6 nitrogen and oxygen atoms in total. The summed E-state index contributed by atoms with van der Waals surface area (Å²) in [6.07, 6.45) is 5.45. The van der Waals surface area contributed by atoms with Gasteiger partial charge in [0.25, 0.3) is 0 Å². The van der Waals surface area contributed by atoms with Gasteiger partial charge in [0.05, 0.1) is 18.4 Å². The minimum absolute atomic E-state index is 0.0250. The number of nitrogens with zero attached hydrogens (tertiary/aromatic N) is 2. The normalized spacial score (nSPS) is 34.3. The number of rotatable bonds is 5. The van der Waals surface area contributed by atoms with Gasteiger partial charge in [-0.3, -0.25) is 24.2 Å². The predicted octanol–water partition coefficient (Wildman–Crippen LogP) is 2.45. The van der Waals surface area contributed by atoms with Crippen LogP contribution in [0.3, 0.4) is 0 Å². The fraction of sp³-hybridized carbons (Fsp3) is 0.500. The number of hydrogen-bond donors (Lipinski definition) is 0. The zero-order valence-electron chi connectivity index (χ0n) is 16.1. The lowest BCUT2D eigenvalue weighted by molar-refractivity contribution is -0.140. The molecule has 3 amide bonds. The maximum absolute atomic E-state index is 13.1. The van der Waals surface area contributed by atoms with Crippen LogP contribution >= 0.6 is 0 Å². The van der Waals surface area contributed by atoms with Crippen molar-refractivity contribution in [3.05, 3.63) is 36.4 Å². The first-order valence-electron chi connectivity index (χ1n) is 10.1. The van der Waals surface area contributed by atoms with Crippen molar-refractivity contribution >= 4 is 23.4 Å². The van der Waals surface area contributed by atoms with Gasteiger partial charge >= 0.3 is 0 Å². The van der Waals surface area contributed by atoms with Crippen molar-refractivity contribution in [1.29, 1.82) is 0 Å². The number of benzene rings is 1. The van der Waals surface area contributed by atoms with E-state index in [1.165, 1.54) is 16.7 Å². The molecule has 4 aliphatic carbocycles. The van der Waals surface area contributed by atoms with Crippen LogP contribution in [0.15, 0.2) is 36.4 Å². The standard InChI is InChI=1S/C22H24N2O4/c1-3-28-14-6-4-13(5-7-14)23(12(2)25)11-24-21(26)19-15-8-9-16(18-10-17(15)18)20(19)22(24)27/h4-9,15-20H,3,10-11H2,1-2H3/t15-,16+,17-,18-,19+,20-/m1/s1. The highest BCUT2D eigenvalue weighted by atomic mass is 16.5. The molecule has 1 aromatic rings. The number of anilines is 1. The minimum Gasteiger partial charge on any atom is -0.494 e. The number of carbonyl (C=O) groups excluding carboxylic acids is 3. The molecule has 0 N–H and O–H groups in total. The Morgan fingerprint density at radius 3 is 2.14 bits per heavy atom. The second-order valence-electron chi connectivity index (χ2n) is 8.27. The van der Waals surface area contributed by atoms with Crippen molar-refractivity contribution in [2.75, 3.05) is 18.2 Å². The van der Waals surface area contributed by atoms with Gasteiger partial charge in [0.2, 0.25) is 17.7 Å². The van der Waals surface area contributed by atoms with E-state index < -0.39 is 0 Å². The SMILES string of the molecule is CCOc1ccc(N(CN2C(=O)[C@@H]3[C@H]4C=C[C@H]([C@H]5C[C@H]45)[C@@H]3C2=O)C(C)=O)cc1. The number of ether oxygens (including phenoxy) is 1. The van der Waals surface area contributed by atoms with Crippen LogP contribution in [0.1, 0.15) is 20.3 Å². The Labute approximate surface area is 164 Å². The largest absolute Gasteiger partial charge is 0.494 e. The van der Waals surface area contributed by atoms with Gasteiger partial charge < -0.3 is 4.74 Å². The van der Waals surface area contributed by atoms with Gasteiger partial charge in [-0.25, -0.2) is 0 Å². The van der Waals surface area contributed by atoms with E-state index in [1.54, 1.807) is 24.3 Å². The Balaban J connectivity index is 1.39. The van der Waals surface area contributed by atoms with Gasteiger partial charge in [-0.05, 0) is 61.3 Å². The molecule has 0 spiro atoms. The third kappa shape index (κ3) is 2.43. The lowest BCUT2D eigenvalue weighted by Gasteiger charge is -2.37. The molecule has 0 radical (unpaired) electrons. The van der Waals surface area contributed by atoms with E-state index in [9.17, 15) is 14.4 Å². The number of hydrogen-bond acceptors (Lipinski definition) is 4. The van der Waals surface area contributed by atoms with E-state index in [4.69, 9.17) is 4.74 Å². The van der Waals surface area contributed by atoms with Crippen molar-refractivity contribution in [3.8, 4) is 5.75 Å². The van der Waals surface area contributed by atoms with Crippen molar-refractivity contribution in [2.24, 2.45) is 35.5 Å². The van der Waals surface area contributed by atoms with Gasteiger partial charge in [0, 0.05) is 12.6 Å². The fourth-order valence-electron chi connectivity index (χ4n) is 5.55. The van der Waals surface area contributed by atoms with E-state index in [0.29, 0.717) is 24.1 Å². The smallest absolute Gasteiger partial charge is 0.235 e. The predicted molar refractivity (Wildman–Crippen MR) is 102 cm³/mol. The summed E-state index contributed by atoms with van der Waals surface area (Å²) in [4.78, 5) is 41.4. The second kappa shape index (κ2) is 6.19. The Kier molecular flexibility index (Phi) is 3.86. The van der Waals surface area contributed by atoms with Crippen LogP contribution in [-0.4, -0.2) is 35.9 Å². The van der Waals surface area contributed by atoms with Crippen LogP contribution in [-0.2, 0) is 14.4 Å².